The maximum Gasteiger partial charge on any atom is 0.191 e. The Morgan fingerprint density at radius 1 is 1.04 bits per heavy atom. The molecule has 2 N–H and O–H groups in total. The maximum atomic E-state index is 4.38. The van der Waals surface area contributed by atoms with Crippen LogP contribution in [0.15, 0.2) is 53.7 Å². The zero-order chi connectivity index (χ0) is 17.5. The minimum absolute atomic E-state index is 0.836. The average Bonchev–Trinajstić information content (AvgIpc) is 3.05. The molecule has 2 aromatic carbocycles. The summed E-state index contributed by atoms with van der Waals surface area (Å²) < 4.78 is 0. The molecular weight excluding hydrogens is 328 g/mol. The SMILES string of the molecule is CN=C(NCCc1ccc2ccccc2c1)NCCc1ncc(C)s1. The molecule has 0 radical (unpaired) electrons. The summed E-state index contributed by atoms with van der Waals surface area (Å²) in [5.41, 5.74) is 1.33. The van der Waals surface area contributed by atoms with E-state index in [-0.39, 0.29) is 0 Å². The number of thiazole rings is 1. The first-order chi connectivity index (χ1) is 12.2. The molecule has 130 valence electrons. The number of hydrogen-bond donors (Lipinski definition) is 2. The van der Waals surface area contributed by atoms with Crippen molar-refractivity contribution in [3.63, 3.8) is 0 Å². The lowest BCUT2D eigenvalue weighted by molar-refractivity contribution is 0.782. The number of nitrogens with one attached hydrogen (secondary N) is 2. The monoisotopic (exact) mass is 352 g/mol. The van der Waals surface area contributed by atoms with E-state index in [4.69, 9.17) is 0 Å². The predicted molar refractivity (Wildman–Crippen MR) is 108 cm³/mol. The molecule has 1 aromatic heterocycles. The fraction of sp³-hybridized carbons (Fsp3) is 0.300. The standard InChI is InChI=1S/C20H24N4S/c1-15-14-24-19(25-15)10-12-23-20(21-2)22-11-9-16-7-8-17-5-3-4-6-18(17)13-16/h3-8,13-14H,9-12H2,1-2H3,(H2,21,22,23). The molecule has 0 fully saturated rings. The predicted octanol–water partition coefficient (Wildman–Crippen LogP) is 3.55. The van der Waals surface area contributed by atoms with Crippen molar-refractivity contribution in [2.45, 2.75) is 19.8 Å². The van der Waals surface area contributed by atoms with E-state index in [1.807, 2.05) is 6.20 Å². The Morgan fingerprint density at radius 2 is 1.80 bits per heavy atom. The van der Waals surface area contributed by atoms with Gasteiger partial charge >= 0.3 is 0 Å². The molecule has 0 saturated heterocycles. The van der Waals surface area contributed by atoms with Crippen LogP contribution in [-0.4, -0.2) is 31.1 Å². The number of aromatic nitrogens is 1. The van der Waals surface area contributed by atoms with Crippen LogP contribution in [0, 0.1) is 6.92 Å². The quantitative estimate of drug-likeness (QED) is 0.527. The van der Waals surface area contributed by atoms with Crippen molar-refractivity contribution in [3.05, 3.63) is 64.1 Å². The second-order valence-electron chi connectivity index (χ2n) is 5.97. The number of rotatable bonds is 6. The van der Waals surface area contributed by atoms with E-state index in [1.54, 1.807) is 18.4 Å². The lowest BCUT2D eigenvalue weighted by Crippen LogP contribution is -2.39. The van der Waals surface area contributed by atoms with E-state index >= 15 is 0 Å². The number of fused-ring (bicyclic) bond motifs is 1. The molecule has 0 saturated carbocycles. The summed E-state index contributed by atoms with van der Waals surface area (Å²) in [4.78, 5) is 9.92. The van der Waals surface area contributed by atoms with Gasteiger partial charge in [0.15, 0.2) is 5.96 Å². The van der Waals surface area contributed by atoms with Crippen LogP contribution in [0.3, 0.4) is 0 Å². The Hall–Kier alpha value is -2.40. The van der Waals surface area contributed by atoms with Crippen LogP contribution in [0.4, 0.5) is 0 Å². The highest BCUT2D eigenvalue weighted by atomic mass is 32.1. The van der Waals surface area contributed by atoms with Crippen LogP contribution in [-0.2, 0) is 12.8 Å². The van der Waals surface area contributed by atoms with E-state index in [1.165, 1.54) is 21.2 Å². The molecule has 0 unspecified atom stereocenters. The van der Waals surface area contributed by atoms with Gasteiger partial charge in [-0.15, -0.1) is 11.3 Å². The molecule has 0 bridgehead atoms. The van der Waals surface area contributed by atoms with Crippen molar-refractivity contribution in [3.8, 4) is 0 Å². The van der Waals surface area contributed by atoms with E-state index in [2.05, 4.69) is 70.0 Å². The Kier molecular flexibility index (Phi) is 6.01. The van der Waals surface area contributed by atoms with Gasteiger partial charge in [0, 0.05) is 37.6 Å². The highest BCUT2D eigenvalue weighted by molar-refractivity contribution is 7.11. The molecule has 0 amide bonds. The first kappa shape index (κ1) is 17.4. The van der Waals surface area contributed by atoms with E-state index in [0.717, 1.165) is 36.9 Å². The largest absolute Gasteiger partial charge is 0.356 e. The second kappa shape index (κ2) is 8.62. The molecule has 0 aliphatic heterocycles. The van der Waals surface area contributed by atoms with Gasteiger partial charge in [-0.05, 0) is 29.7 Å². The van der Waals surface area contributed by atoms with Crippen LogP contribution < -0.4 is 10.6 Å². The summed E-state index contributed by atoms with van der Waals surface area (Å²) in [6.07, 6.45) is 3.82. The van der Waals surface area contributed by atoms with E-state index < -0.39 is 0 Å². The number of aryl methyl sites for hydroxylation is 1. The molecule has 4 nitrogen and oxygen atoms in total. The molecule has 3 aromatic rings. The number of nitrogens with zero attached hydrogens (tertiary/aromatic N) is 2. The summed E-state index contributed by atoms with van der Waals surface area (Å²) in [7, 11) is 1.80. The van der Waals surface area contributed by atoms with Crippen LogP contribution in [0.5, 0.6) is 0 Å². The smallest absolute Gasteiger partial charge is 0.191 e. The molecule has 0 aliphatic rings. The van der Waals surface area contributed by atoms with E-state index in [0.29, 0.717) is 0 Å². The Labute approximate surface area is 153 Å². The third kappa shape index (κ3) is 5.03. The van der Waals surface area contributed by atoms with Crippen molar-refractivity contribution in [2.24, 2.45) is 4.99 Å². The summed E-state index contributed by atoms with van der Waals surface area (Å²) in [5, 5.41) is 10.5. The van der Waals surface area contributed by atoms with Crippen LogP contribution in [0.2, 0.25) is 0 Å². The molecule has 0 spiro atoms. The third-order valence-electron chi connectivity index (χ3n) is 4.04. The lowest BCUT2D eigenvalue weighted by Gasteiger charge is -2.11. The maximum absolute atomic E-state index is 4.38. The molecule has 25 heavy (non-hydrogen) atoms. The first-order valence-corrected chi connectivity index (χ1v) is 9.40. The van der Waals surface area contributed by atoms with Gasteiger partial charge in [0.1, 0.15) is 0 Å². The van der Waals surface area contributed by atoms with Gasteiger partial charge < -0.3 is 10.6 Å². The zero-order valence-electron chi connectivity index (χ0n) is 14.7. The molecule has 5 heteroatoms. The molecule has 0 aliphatic carbocycles. The zero-order valence-corrected chi connectivity index (χ0v) is 15.6. The van der Waals surface area contributed by atoms with Crippen molar-refractivity contribution < 1.29 is 0 Å². The summed E-state index contributed by atoms with van der Waals surface area (Å²) in [6.45, 7) is 3.78. The van der Waals surface area contributed by atoms with Gasteiger partial charge in [0.2, 0.25) is 0 Å². The summed E-state index contributed by atoms with van der Waals surface area (Å²) in [5.74, 6) is 0.842. The van der Waals surface area contributed by atoms with Crippen molar-refractivity contribution in [2.75, 3.05) is 20.1 Å². The third-order valence-corrected chi connectivity index (χ3v) is 5.02. The highest BCUT2D eigenvalue weighted by Crippen LogP contribution is 2.15. The molecule has 1 heterocycles. The van der Waals surface area contributed by atoms with Crippen molar-refractivity contribution >= 4 is 28.1 Å². The molecule has 3 rings (SSSR count). The summed E-state index contributed by atoms with van der Waals surface area (Å²) >= 11 is 1.75. The number of aliphatic imine (C=N–C) groups is 1. The van der Waals surface area contributed by atoms with Crippen LogP contribution in [0.25, 0.3) is 10.8 Å². The lowest BCUT2D eigenvalue weighted by atomic mass is 10.1. The number of hydrogen-bond acceptors (Lipinski definition) is 3. The van der Waals surface area contributed by atoms with Gasteiger partial charge in [-0.3, -0.25) is 4.99 Å². The van der Waals surface area contributed by atoms with Gasteiger partial charge in [0.05, 0.1) is 5.01 Å². The molecule has 0 atom stereocenters. The average molecular weight is 353 g/mol. The normalized spacial score (nSPS) is 11.7. The van der Waals surface area contributed by atoms with Crippen LogP contribution in [0.1, 0.15) is 15.4 Å². The van der Waals surface area contributed by atoms with Gasteiger partial charge in [-0.2, -0.15) is 0 Å². The number of benzene rings is 2. The topological polar surface area (TPSA) is 49.3 Å². The van der Waals surface area contributed by atoms with Crippen LogP contribution >= 0.6 is 11.3 Å². The Bertz CT molecular complexity index is 854. The van der Waals surface area contributed by atoms with E-state index in [9.17, 15) is 0 Å². The van der Waals surface area contributed by atoms with Crippen molar-refractivity contribution in [1.82, 2.24) is 15.6 Å². The fourth-order valence-corrected chi connectivity index (χ4v) is 3.53. The second-order valence-corrected chi connectivity index (χ2v) is 7.29. The Balaban J connectivity index is 1.44. The summed E-state index contributed by atoms with van der Waals surface area (Å²) in [6, 6.07) is 15.1. The van der Waals surface area contributed by atoms with Gasteiger partial charge in [-0.1, -0.05) is 42.5 Å². The Morgan fingerprint density at radius 3 is 2.52 bits per heavy atom. The first-order valence-electron chi connectivity index (χ1n) is 8.58. The fourth-order valence-electron chi connectivity index (χ4n) is 2.74. The minimum Gasteiger partial charge on any atom is -0.356 e. The van der Waals surface area contributed by atoms with Gasteiger partial charge in [0.25, 0.3) is 0 Å². The van der Waals surface area contributed by atoms with Gasteiger partial charge in [-0.25, -0.2) is 4.98 Å². The van der Waals surface area contributed by atoms with Crippen molar-refractivity contribution in [1.29, 1.82) is 0 Å². The highest BCUT2D eigenvalue weighted by Gasteiger charge is 2.01. The molecular formula is C20H24N4S. The minimum atomic E-state index is 0.836. The number of guanidine groups is 1.